The van der Waals surface area contributed by atoms with E-state index in [1.165, 1.54) is 18.9 Å². The molecule has 28 heavy (non-hydrogen) atoms. The first kappa shape index (κ1) is 19.2. The molecule has 0 spiro atoms. The molecule has 2 aromatic rings. The molecule has 150 valence electrons. The van der Waals surface area contributed by atoms with Crippen LogP contribution in [0.4, 0.5) is 0 Å². The Morgan fingerprint density at radius 3 is 2.57 bits per heavy atom. The molecule has 1 aromatic heterocycles. The van der Waals surface area contributed by atoms with Crippen molar-refractivity contribution in [1.29, 1.82) is 0 Å². The molecule has 3 heterocycles. The van der Waals surface area contributed by atoms with Gasteiger partial charge >= 0.3 is 5.97 Å². The van der Waals surface area contributed by atoms with Crippen molar-refractivity contribution in [3.8, 4) is 0 Å². The molecule has 5 heteroatoms. The van der Waals surface area contributed by atoms with Crippen molar-refractivity contribution < 1.29 is 9.53 Å². The van der Waals surface area contributed by atoms with Gasteiger partial charge in [0.05, 0.1) is 11.1 Å². The van der Waals surface area contributed by atoms with Gasteiger partial charge in [-0.25, -0.2) is 4.79 Å². The molecule has 0 saturated carbocycles. The van der Waals surface area contributed by atoms with Crippen LogP contribution in [-0.2, 0) is 11.3 Å². The third kappa shape index (κ3) is 3.60. The number of pyridine rings is 1. The number of carbonyl (C=O) groups excluding carboxylic acids is 1. The summed E-state index contributed by atoms with van der Waals surface area (Å²) in [6.07, 6.45) is 7.27. The Morgan fingerprint density at radius 2 is 1.86 bits per heavy atom. The normalized spacial score (nSPS) is 24.6. The van der Waals surface area contributed by atoms with Crippen molar-refractivity contribution in [2.75, 3.05) is 7.05 Å². The summed E-state index contributed by atoms with van der Waals surface area (Å²) in [5.74, 6) is -0.358. The van der Waals surface area contributed by atoms with Crippen LogP contribution >= 0.6 is 0 Å². The lowest BCUT2D eigenvalue weighted by molar-refractivity contribution is -0.000287. The molecule has 5 nitrogen and oxygen atoms in total. The van der Waals surface area contributed by atoms with Crippen molar-refractivity contribution in [3.05, 3.63) is 46.2 Å². The van der Waals surface area contributed by atoms with Crippen LogP contribution in [0.15, 0.2) is 35.1 Å². The van der Waals surface area contributed by atoms with Crippen molar-refractivity contribution in [1.82, 2.24) is 9.47 Å². The number of aryl methyl sites for hydroxylation is 1. The molecular weight excluding hydrogens is 352 g/mol. The molecule has 4 rings (SSSR count). The molecule has 1 aromatic carbocycles. The van der Waals surface area contributed by atoms with Crippen molar-refractivity contribution in [2.24, 2.45) is 0 Å². The molecule has 3 atom stereocenters. The zero-order chi connectivity index (χ0) is 19.7. The highest BCUT2D eigenvalue weighted by Crippen LogP contribution is 2.35. The second-order valence-electron chi connectivity index (χ2n) is 8.32. The number of carbonyl (C=O) groups is 1. The lowest BCUT2D eigenvalue weighted by atomic mass is 10.0. The van der Waals surface area contributed by atoms with Gasteiger partial charge in [-0.1, -0.05) is 38.0 Å². The number of fused-ring (bicyclic) bond motifs is 3. The van der Waals surface area contributed by atoms with E-state index in [0.717, 1.165) is 43.0 Å². The van der Waals surface area contributed by atoms with Crippen LogP contribution < -0.4 is 5.56 Å². The number of ether oxygens (including phenoxy) is 1. The van der Waals surface area contributed by atoms with Crippen LogP contribution in [0.25, 0.3) is 10.9 Å². The van der Waals surface area contributed by atoms with Gasteiger partial charge < -0.3 is 14.2 Å². The predicted molar refractivity (Wildman–Crippen MR) is 111 cm³/mol. The number of nitrogens with zero attached hydrogens (tertiary/aromatic N) is 2. The second kappa shape index (κ2) is 8.08. The lowest BCUT2D eigenvalue weighted by Crippen LogP contribution is -2.43. The minimum absolute atomic E-state index is 0.0491. The summed E-state index contributed by atoms with van der Waals surface area (Å²) in [6.45, 7) is 2.83. The first-order valence-electron chi connectivity index (χ1n) is 10.6. The Labute approximate surface area is 166 Å². The van der Waals surface area contributed by atoms with E-state index in [9.17, 15) is 9.59 Å². The highest BCUT2D eigenvalue weighted by atomic mass is 16.5. The largest absolute Gasteiger partial charge is 0.459 e. The summed E-state index contributed by atoms with van der Waals surface area (Å²) in [4.78, 5) is 28.2. The number of esters is 1. The molecule has 2 saturated heterocycles. The van der Waals surface area contributed by atoms with Gasteiger partial charge in [0.15, 0.2) is 0 Å². The Balaban J connectivity index is 1.59. The number of aromatic nitrogens is 1. The van der Waals surface area contributed by atoms with Gasteiger partial charge in [0, 0.05) is 42.9 Å². The second-order valence-corrected chi connectivity index (χ2v) is 8.32. The number of benzene rings is 1. The summed E-state index contributed by atoms with van der Waals surface area (Å²) in [7, 11) is 2.17. The molecule has 0 amide bonds. The average Bonchev–Trinajstić information content (AvgIpc) is 2.90. The fourth-order valence-corrected chi connectivity index (χ4v) is 4.93. The van der Waals surface area contributed by atoms with E-state index in [0.29, 0.717) is 24.2 Å². The Morgan fingerprint density at radius 1 is 1.14 bits per heavy atom. The fraction of sp³-hybridized carbons (Fsp3) is 0.565. The molecule has 0 radical (unpaired) electrons. The van der Waals surface area contributed by atoms with Gasteiger partial charge in [0.1, 0.15) is 6.10 Å². The zero-order valence-electron chi connectivity index (χ0n) is 16.9. The van der Waals surface area contributed by atoms with E-state index in [1.807, 2.05) is 24.3 Å². The number of para-hydroxylation sites is 1. The summed E-state index contributed by atoms with van der Waals surface area (Å²) < 4.78 is 7.68. The maximum Gasteiger partial charge on any atom is 0.339 e. The van der Waals surface area contributed by atoms with Gasteiger partial charge in [-0.3, -0.25) is 4.79 Å². The summed E-state index contributed by atoms with van der Waals surface area (Å²) in [5.41, 5.74) is 1.10. The summed E-state index contributed by atoms with van der Waals surface area (Å²) in [5, 5.41) is 0.805. The predicted octanol–water partition coefficient (Wildman–Crippen LogP) is 3.97. The van der Waals surface area contributed by atoms with Crippen LogP contribution in [-0.4, -0.2) is 40.7 Å². The Hall–Kier alpha value is -2.14. The zero-order valence-corrected chi connectivity index (χ0v) is 16.9. The molecule has 0 aliphatic carbocycles. The maximum atomic E-state index is 13.0. The van der Waals surface area contributed by atoms with Crippen LogP contribution in [0.1, 0.15) is 62.2 Å². The number of hydrogen-bond acceptors (Lipinski definition) is 4. The van der Waals surface area contributed by atoms with E-state index in [1.54, 1.807) is 4.57 Å². The first-order chi connectivity index (χ1) is 13.6. The quantitative estimate of drug-likeness (QED) is 0.560. The van der Waals surface area contributed by atoms with Gasteiger partial charge in [-0.15, -0.1) is 0 Å². The molecule has 2 aliphatic heterocycles. The van der Waals surface area contributed by atoms with Crippen LogP contribution in [0.5, 0.6) is 0 Å². The highest BCUT2D eigenvalue weighted by Gasteiger charge is 2.40. The highest BCUT2D eigenvalue weighted by molar-refractivity contribution is 6.03. The number of piperidine rings is 1. The molecule has 1 unspecified atom stereocenters. The molecular formula is C23H30N2O3. The van der Waals surface area contributed by atoms with Crippen molar-refractivity contribution >= 4 is 16.9 Å². The molecule has 2 bridgehead atoms. The average molecular weight is 383 g/mol. The number of unbranched alkanes of at least 4 members (excludes halogenated alkanes) is 2. The summed E-state index contributed by atoms with van der Waals surface area (Å²) >= 11 is 0. The van der Waals surface area contributed by atoms with Gasteiger partial charge in [0.25, 0.3) is 5.56 Å². The van der Waals surface area contributed by atoms with Crippen LogP contribution in [0, 0.1) is 0 Å². The van der Waals surface area contributed by atoms with Crippen molar-refractivity contribution in [3.63, 3.8) is 0 Å². The maximum absolute atomic E-state index is 13.0. The van der Waals surface area contributed by atoms with E-state index in [2.05, 4.69) is 18.9 Å². The molecule has 2 aliphatic rings. The summed E-state index contributed by atoms with van der Waals surface area (Å²) in [6, 6.07) is 10.2. The standard InChI is InChI=1S/C23H30N2O3/c1-3-4-7-12-25-21-9-6-5-8-19(21)20(15-22(25)26)23(27)28-18-13-16-10-11-17(14-18)24(16)2/h5-6,8-9,15-18H,3-4,7,10-14H2,1-2H3/t16-,17+,18?. The molecule has 2 fully saturated rings. The van der Waals surface area contributed by atoms with Crippen molar-refractivity contribution in [2.45, 2.75) is 76.6 Å². The topological polar surface area (TPSA) is 51.5 Å². The van der Waals surface area contributed by atoms with E-state index in [-0.39, 0.29) is 17.6 Å². The van der Waals surface area contributed by atoms with E-state index < -0.39 is 0 Å². The Bertz CT molecular complexity index is 906. The number of hydrogen-bond donors (Lipinski definition) is 0. The van der Waals surface area contributed by atoms with Gasteiger partial charge in [-0.2, -0.15) is 0 Å². The monoisotopic (exact) mass is 382 g/mol. The van der Waals surface area contributed by atoms with Crippen LogP contribution in [0.3, 0.4) is 0 Å². The van der Waals surface area contributed by atoms with Gasteiger partial charge in [0.2, 0.25) is 0 Å². The Kier molecular flexibility index (Phi) is 5.54. The smallest absolute Gasteiger partial charge is 0.339 e. The van der Waals surface area contributed by atoms with E-state index >= 15 is 0 Å². The van der Waals surface area contributed by atoms with E-state index in [4.69, 9.17) is 4.74 Å². The first-order valence-corrected chi connectivity index (χ1v) is 10.6. The fourth-order valence-electron chi connectivity index (χ4n) is 4.93. The SMILES string of the molecule is CCCCCn1c(=O)cc(C(=O)OC2C[C@H]3CC[C@@H](C2)N3C)c2ccccc21. The minimum Gasteiger partial charge on any atom is -0.459 e. The number of rotatable bonds is 6. The third-order valence-electron chi connectivity index (χ3n) is 6.55. The van der Waals surface area contributed by atoms with Crippen LogP contribution in [0.2, 0.25) is 0 Å². The third-order valence-corrected chi connectivity index (χ3v) is 6.55. The lowest BCUT2D eigenvalue weighted by Gasteiger charge is -2.35. The molecule has 0 N–H and O–H groups in total. The van der Waals surface area contributed by atoms with Gasteiger partial charge in [-0.05, 0) is 32.4 Å². The minimum atomic E-state index is -0.358.